The molecule has 5 heteroatoms. The molecule has 15 heavy (non-hydrogen) atoms. The summed E-state index contributed by atoms with van der Waals surface area (Å²) in [6.45, 7) is 0. The van der Waals surface area contributed by atoms with Crippen LogP contribution in [0.25, 0.3) is 11.3 Å². The number of rotatable bonds is 2. The number of hydrogen-bond acceptors (Lipinski definition) is 3. The summed E-state index contributed by atoms with van der Waals surface area (Å²) < 4.78 is 18.2. The first kappa shape index (κ1) is 9.95. The largest absolute Gasteiger partial charge is 0.491 e. The highest BCUT2D eigenvalue weighted by Crippen LogP contribution is 2.18. The van der Waals surface area contributed by atoms with Gasteiger partial charge in [0.1, 0.15) is 11.6 Å². The van der Waals surface area contributed by atoms with Gasteiger partial charge in [0, 0.05) is 11.0 Å². The third kappa shape index (κ3) is 1.93. The van der Waals surface area contributed by atoms with Gasteiger partial charge in [0.2, 0.25) is 0 Å². The normalized spacial score (nSPS) is 10.3. The Morgan fingerprint density at radius 2 is 2.00 bits per heavy atom. The van der Waals surface area contributed by atoms with E-state index in [0.29, 0.717) is 11.3 Å². The van der Waals surface area contributed by atoms with Crippen molar-refractivity contribution in [3.8, 4) is 11.3 Å². The molecule has 0 amide bonds. The fraction of sp³-hybridized carbons (Fsp3) is 0. The van der Waals surface area contributed by atoms with E-state index >= 15 is 0 Å². The minimum absolute atomic E-state index is 0.163. The number of benzene rings is 1. The molecule has 0 atom stereocenters. The molecule has 0 bridgehead atoms. The summed E-state index contributed by atoms with van der Waals surface area (Å²) in [6, 6.07) is 7.44. The second kappa shape index (κ2) is 3.88. The summed E-state index contributed by atoms with van der Waals surface area (Å²) in [5, 5.41) is 17.8. The van der Waals surface area contributed by atoms with E-state index in [1.54, 1.807) is 12.1 Å². The molecule has 0 aliphatic heterocycles. The molecule has 0 aliphatic rings. The highest BCUT2D eigenvalue weighted by Gasteiger charge is 2.17. The van der Waals surface area contributed by atoms with E-state index in [2.05, 4.69) is 0 Å². The van der Waals surface area contributed by atoms with E-state index in [1.807, 2.05) is 0 Å². The SMILES string of the molecule is OB(O)c1cc(-c2ccco2)ccc1F. The molecule has 0 saturated heterocycles. The van der Waals surface area contributed by atoms with Gasteiger partial charge >= 0.3 is 7.12 Å². The van der Waals surface area contributed by atoms with Crippen molar-refractivity contribution in [2.24, 2.45) is 0 Å². The molecule has 1 aromatic carbocycles. The van der Waals surface area contributed by atoms with Crippen molar-refractivity contribution in [2.75, 3.05) is 0 Å². The average molecular weight is 206 g/mol. The lowest BCUT2D eigenvalue weighted by Crippen LogP contribution is -2.32. The smallest absolute Gasteiger partial charge is 0.464 e. The first-order chi connectivity index (χ1) is 7.18. The van der Waals surface area contributed by atoms with Crippen LogP contribution in [-0.4, -0.2) is 17.2 Å². The van der Waals surface area contributed by atoms with Gasteiger partial charge < -0.3 is 14.5 Å². The molecule has 3 nitrogen and oxygen atoms in total. The van der Waals surface area contributed by atoms with Gasteiger partial charge in [-0.3, -0.25) is 0 Å². The molecule has 0 saturated carbocycles. The molecule has 2 rings (SSSR count). The Morgan fingerprint density at radius 1 is 1.20 bits per heavy atom. The van der Waals surface area contributed by atoms with Gasteiger partial charge in [-0.2, -0.15) is 0 Å². The van der Waals surface area contributed by atoms with Crippen molar-refractivity contribution in [1.82, 2.24) is 0 Å². The van der Waals surface area contributed by atoms with Crippen LogP contribution in [0.2, 0.25) is 0 Å². The zero-order valence-corrected chi connectivity index (χ0v) is 7.72. The molecule has 1 heterocycles. The second-order valence-corrected chi connectivity index (χ2v) is 3.09. The third-order valence-corrected chi connectivity index (χ3v) is 2.08. The highest BCUT2D eigenvalue weighted by molar-refractivity contribution is 6.58. The van der Waals surface area contributed by atoms with Crippen LogP contribution < -0.4 is 5.46 Å². The molecule has 0 fully saturated rings. The van der Waals surface area contributed by atoms with Crippen molar-refractivity contribution in [3.05, 3.63) is 42.4 Å². The molecule has 0 spiro atoms. The minimum Gasteiger partial charge on any atom is -0.464 e. The first-order valence-corrected chi connectivity index (χ1v) is 4.38. The lowest BCUT2D eigenvalue weighted by Gasteiger charge is -2.03. The number of furan rings is 1. The molecule has 2 N–H and O–H groups in total. The third-order valence-electron chi connectivity index (χ3n) is 2.08. The Hall–Kier alpha value is -1.59. The fourth-order valence-electron chi connectivity index (χ4n) is 1.34. The number of halogens is 1. The average Bonchev–Trinajstić information content (AvgIpc) is 2.71. The lowest BCUT2D eigenvalue weighted by atomic mass is 9.79. The maximum Gasteiger partial charge on any atom is 0.491 e. The van der Waals surface area contributed by atoms with Crippen molar-refractivity contribution in [3.63, 3.8) is 0 Å². The van der Waals surface area contributed by atoms with Gasteiger partial charge in [0.05, 0.1) is 6.26 Å². The van der Waals surface area contributed by atoms with E-state index in [-0.39, 0.29) is 5.46 Å². The standard InChI is InChI=1S/C10H8BFO3/c12-9-4-3-7(6-8(9)11(13)14)10-2-1-5-15-10/h1-6,13-14H. The summed E-state index contributed by atoms with van der Waals surface area (Å²) in [5.41, 5.74) is 0.438. The first-order valence-electron chi connectivity index (χ1n) is 4.38. The predicted octanol–water partition coefficient (Wildman–Crippen LogP) is 0.765. The van der Waals surface area contributed by atoms with E-state index in [9.17, 15) is 4.39 Å². The predicted molar refractivity (Wildman–Crippen MR) is 53.9 cm³/mol. The summed E-state index contributed by atoms with van der Waals surface area (Å²) in [5.74, 6) is -0.0998. The molecule has 76 valence electrons. The van der Waals surface area contributed by atoms with Crippen molar-refractivity contribution in [2.45, 2.75) is 0 Å². The summed E-state index contributed by atoms with van der Waals surface area (Å²) in [7, 11) is -1.82. The minimum atomic E-state index is -1.82. The molecule has 2 aromatic rings. The van der Waals surface area contributed by atoms with Crippen molar-refractivity contribution < 1.29 is 18.9 Å². The van der Waals surface area contributed by atoms with E-state index in [4.69, 9.17) is 14.5 Å². The Morgan fingerprint density at radius 3 is 2.60 bits per heavy atom. The lowest BCUT2D eigenvalue weighted by molar-refractivity contribution is 0.423. The molecule has 0 unspecified atom stereocenters. The van der Waals surface area contributed by atoms with E-state index in [0.717, 1.165) is 0 Å². The van der Waals surface area contributed by atoms with Gasteiger partial charge in [-0.15, -0.1) is 0 Å². The Kier molecular flexibility index (Phi) is 2.57. The maximum atomic E-state index is 13.1. The van der Waals surface area contributed by atoms with Crippen LogP contribution in [0.4, 0.5) is 4.39 Å². The van der Waals surface area contributed by atoms with Crippen LogP contribution in [0.5, 0.6) is 0 Å². The Labute approximate surface area is 85.9 Å². The highest BCUT2D eigenvalue weighted by atomic mass is 19.1. The summed E-state index contributed by atoms with van der Waals surface area (Å²) in [4.78, 5) is 0. The van der Waals surface area contributed by atoms with Gasteiger partial charge in [0.15, 0.2) is 0 Å². The van der Waals surface area contributed by atoms with Gasteiger partial charge in [-0.1, -0.05) is 0 Å². The van der Waals surface area contributed by atoms with Crippen LogP contribution in [0.15, 0.2) is 41.0 Å². The maximum absolute atomic E-state index is 13.1. The van der Waals surface area contributed by atoms with Gasteiger partial charge in [-0.25, -0.2) is 4.39 Å². The van der Waals surface area contributed by atoms with Crippen molar-refractivity contribution in [1.29, 1.82) is 0 Å². The molecule has 1 aromatic heterocycles. The zero-order chi connectivity index (χ0) is 10.8. The zero-order valence-electron chi connectivity index (χ0n) is 7.72. The monoisotopic (exact) mass is 206 g/mol. The van der Waals surface area contributed by atoms with Crippen LogP contribution in [0.3, 0.4) is 0 Å². The Bertz CT molecular complexity index is 454. The van der Waals surface area contributed by atoms with Crippen LogP contribution >= 0.6 is 0 Å². The van der Waals surface area contributed by atoms with Gasteiger partial charge in [-0.05, 0) is 30.3 Å². The van der Waals surface area contributed by atoms with Crippen LogP contribution in [0, 0.1) is 5.82 Å². The van der Waals surface area contributed by atoms with Crippen LogP contribution in [0.1, 0.15) is 0 Å². The molecular formula is C10H8BFO3. The molecular weight excluding hydrogens is 198 g/mol. The Balaban J connectivity index is 2.48. The summed E-state index contributed by atoms with van der Waals surface area (Å²) >= 11 is 0. The van der Waals surface area contributed by atoms with E-state index in [1.165, 1.54) is 24.5 Å². The topological polar surface area (TPSA) is 53.6 Å². The van der Waals surface area contributed by atoms with Gasteiger partial charge in [0.25, 0.3) is 0 Å². The quantitative estimate of drug-likeness (QED) is 0.713. The molecule has 0 radical (unpaired) electrons. The van der Waals surface area contributed by atoms with Crippen molar-refractivity contribution >= 4 is 12.6 Å². The van der Waals surface area contributed by atoms with E-state index < -0.39 is 12.9 Å². The summed E-state index contributed by atoms with van der Waals surface area (Å²) in [6.07, 6.45) is 1.49. The van der Waals surface area contributed by atoms with Crippen LogP contribution in [-0.2, 0) is 0 Å². The number of hydrogen-bond donors (Lipinski definition) is 2. The fourth-order valence-corrected chi connectivity index (χ4v) is 1.34. The second-order valence-electron chi connectivity index (χ2n) is 3.09. The molecule has 0 aliphatic carbocycles.